The van der Waals surface area contributed by atoms with Crippen molar-refractivity contribution in [2.24, 2.45) is 16.5 Å². The van der Waals surface area contributed by atoms with Crippen LogP contribution in [0.15, 0.2) is 125 Å². The van der Waals surface area contributed by atoms with Crippen molar-refractivity contribution in [2.75, 3.05) is 0 Å². The number of aliphatic carboxylic acids is 1. The van der Waals surface area contributed by atoms with Gasteiger partial charge in [0.1, 0.15) is 17.7 Å². The summed E-state index contributed by atoms with van der Waals surface area (Å²) in [7, 11) is 0. The molecule has 3 heterocycles. The maximum Gasteiger partial charge on any atom is 0.373 e. The number of aromatic amines is 1. The highest BCUT2D eigenvalue weighted by atomic mass is 35.5. The lowest BCUT2D eigenvalue weighted by Crippen LogP contribution is -2.45. The van der Waals surface area contributed by atoms with Crippen LogP contribution in [0.5, 0.6) is 0 Å². The molecule has 16 heteroatoms. The Labute approximate surface area is 364 Å². The predicted molar refractivity (Wildman–Crippen MR) is 238 cm³/mol. The first-order valence-electron chi connectivity index (χ1n) is 19.9. The maximum atomic E-state index is 12.8. The van der Waals surface area contributed by atoms with E-state index in [4.69, 9.17) is 22.0 Å². The highest BCUT2D eigenvalue weighted by Gasteiger charge is 2.32. The lowest BCUT2D eigenvalue weighted by Gasteiger charge is -2.15. The molecule has 318 valence electrons. The summed E-state index contributed by atoms with van der Waals surface area (Å²) in [5.41, 5.74) is 22.5. The molecule has 15 nitrogen and oxygen atoms in total. The molecule has 10 N–H and O–H groups in total. The molecule has 3 amide bonds. The first kappa shape index (κ1) is 44.3. The van der Waals surface area contributed by atoms with Gasteiger partial charge in [0.2, 0.25) is 23.5 Å². The lowest BCUT2D eigenvalue weighted by molar-refractivity contribution is -0.129. The van der Waals surface area contributed by atoms with Gasteiger partial charge in [-0.15, -0.1) is 17.5 Å². The van der Waals surface area contributed by atoms with E-state index in [9.17, 15) is 19.2 Å². The summed E-state index contributed by atoms with van der Waals surface area (Å²) in [6, 6.07) is 34.5. The number of benzene rings is 4. The Morgan fingerprint density at radius 1 is 0.774 bits per heavy atom. The van der Waals surface area contributed by atoms with E-state index >= 15 is 0 Å². The number of aliphatic imine (C=N–C) groups is 1. The molecule has 0 bridgehead atoms. The molecule has 2 aliphatic heterocycles. The number of carboxylic acid groups (broad SMARTS) is 1. The number of fused-ring (bicyclic) bond motifs is 4. The second-order valence-electron chi connectivity index (χ2n) is 15.0. The second kappa shape index (κ2) is 20.4. The van der Waals surface area contributed by atoms with Gasteiger partial charge < -0.3 is 32.5 Å². The number of carboxylic acids is 1. The topological polar surface area (TPSA) is 254 Å². The summed E-state index contributed by atoms with van der Waals surface area (Å²) in [6.45, 7) is 0. The molecular formula is C46H47ClN10O5. The number of H-pyrrole nitrogens is 1. The minimum Gasteiger partial charge on any atom is -0.475 e. The molecule has 0 saturated heterocycles. The summed E-state index contributed by atoms with van der Waals surface area (Å²) in [4.78, 5) is 55.1. The zero-order valence-corrected chi connectivity index (χ0v) is 34.5. The van der Waals surface area contributed by atoms with Gasteiger partial charge in [-0.25, -0.2) is 14.8 Å². The molecule has 0 fully saturated rings. The Hall–Kier alpha value is -7.23. The highest BCUT2D eigenvalue weighted by molar-refractivity contribution is 6.35. The summed E-state index contributed by atoms with van der Waals surface area (Å²) in [6.07, 6.45) is 5.67. The molecule has 0 radical (unpaired) electrons. The quantitative estimate of drug-likeness (QED) is 0.0874. The fourth-order valence-corrected chi connectivity index (χ4v) is 7.59. The first-order valence-corrected chi connectivity index (χ1v) is 19.9. The minimum atomic E-state index is -1.38. The average molecular weight is 855 g/mol. The number of amidine groups is 2. The summed E-state index contributed by atoms with van der Waals surface area (Å²) in [5.74, 6) is -2.07. The Morgan fingerprint density at radius 2 is 1.31 bits per heavy atom. The van der Waals surface area contributed by atoms with E-state index in [2.05, 4.69) is 54.3 Å². The van der Waals surface area contributed by atoms with Crippen LogP contribution in [-0.2, 0) is 40.1 Å². The number of rotatable bonds is 6. The number of nitrogens with zero attached hydrogens (tertiary/aromatic N) is 3. The van der Waals surface area contributed by atoms with Crippen LogP contribution in [0.1, 0.15) is 75.5 Å². The van der Waals surface area contributed by atoms with E-state index in [1.54, 1.807) is 0 Å². The summed E-state index contributed by atoms with van der Waals surface area (Å²) < 4.78 is 0. The highest BCUT2D eigenvalue weighted by Crippen LogP contribution is 2.36. The number of aromatic nitrogens is 3. The van der Waals surface area contributed by atoms with Crippen molar-refractivity contribution in [1.29, 1.82) is 5.41 Å². The molecule has 0 spiro atoms. The van der Waals surface area contributed by atoms with Gasteiger partial charge in [-0.05, 0) is 71.9 Å². The van der Waals surface area contributed by atoms with Crippen molar-refractivity contribution >= 4 is 59.2 Å². The van der Waals surface area contributed by atoms with Gasteiger partial charge in [0.15, 0.2) is 0 Å². The molecule has 0 saturated carbocycles. The number of halogens is 1. The molecule has 2 aliphatic carbocycles. The monoisotopic (exact) mass is 854 g/mol. The number of allylic oxidation sites excluding steroid dienone is 2. The van der Waals surface area contributed by atoms with Crippen LogP contribution in [0, 0.1) is 5.41 Å². The van der Waals surface area contributed by atoms with Gasteiger partial charge >= 0.3 is 5.97 Å². The van der Waals surface area contributed by atoms with Crippen molar-refractivity contribution in [3.63, 3.8) is 0 Å². The van der Waals surface area contributed by atoms with Crippen LogP contribution in [0.2, 0.25) is 0 Å². The second-order valence-corrected chi connectivity index (χ2v) is 15.0. The fourth-order valence-electron chi connectivity index (χ4n) is 7.59. The molecule has 9 rings (SSSR count). The molecular weight excluding hydrogens is 808 g/mol. The normalized spacial score (nSPS) is 17.3. The molecule has 4 aromatic carbocycles. The van der Waals surface area contributed by atoms with E-state index in [0.717, 1.165) is 60.2 Å². The number of hydrogen-bond donors (Lipinski definition) is 8. The molecule has 2 unspecified atom stereocenters. The van der Waals surface area contributed by atoms with Crippen LogP contribution < -0.4 is 27.4 Å². The van der Waals surface area contributed by atoms with Crippen LogP contribution in [0.4, 0.5) is 0 Å². The Bertz CT molecular complexity index is 2570. The number of nitrogens with two attached hydrogens (primary N) is 2. The number of carbonyl (C=O) groups is 4. The maximum absolute atomic E-state index is 12.8. The lowest BCUT2D eigenvalue weighted by atomic mass is 10.0. The van der Waals surface area contributed by atoms with Crippen LogP contribution in [0.25, 0.3) is 11.4 Å². The molecule has 1 aromatic heterocycles. The van der Waals surface area contributed by atoms with E-state index in [1.165, 1.54) is 27.8 Å². The van der Waals surface area contributed by atoms with Gasteiger partial charge in [0.05, 0.1) is 6.04 Å². The zero-order chi connectivity index (χ0) is 42.9. The van der Waals surface area contributed by atoms with Gasteiger partial charge in [-0.1, -0.05) is 109 Å². The number of carbonyl (C=O) groups excluding carboxylic acids is 3. The Morgan fingerprint density at radius 3 is 1.90 bits per heavy atom. The van der Waals surface area contributed by atoms with Crippen molar-refractivity contribution in [3.05, 3.63) is 165 Å². The molecule has 62 heavy (non-hydrogen) atoms. The number of nitrogens with one attached hydrogen (secondary N) is 5. The summed E-state index contributed by atoms with van der Waals surface area (Å²) >= 11 is 0. The van der Waals surface area contributed by atoms with Crippen molar-refractivity contribution < 1.29 is 24.3 Å². The van der Waals surface area contributed by atoms with E-state index in [-0.39, 0.29) is 41.9 Å². The molecule has 5 aromatic rings. The third kappa shape index (κ3) is 10.9. The van der Waals surface area contributed by atoms with Gasteiger partial charge in [-0.3, -0.25) is 24.9 Å². The molecule has 4 aliphatic rings. The van der Waals surface area contributed by atoms with E-state index in [0.29, 0.717) is 25.1 Å². The summed E-state index contributed by atoms with van der Waals surface area (Å²) in [5, 5.41) is 31.0. The Kier molecular flexibility index (Phi) is 14.6. The van der Waals surface area contributed by atoms with Gasteiger partial charge in [0, 0.05) is 35.4 Å². The largest absolute Gasteiger partial charge is 0.475 e. The molecule has 2 atom stereocenters. The van der Waals surface area contributed by atoms with Crippen molar-refractivity contribution in [3.8, 4) is 0 Å². The van der Waals surface area contributed by atoms with Gasteiger partial charge in [-0.2, -0.15) is 0 Å². The van der Waals surface area contributed by atoms with Crippen LogP contribution in [-0.4, -0.2) is 67.7 Å². The third-order valence-corrected chi connectivity index (χ3v) is 10.7. The average Bonchev–Trinajstić information content (AvgIpc) is 3.92. The first-order chi connectivity index (χ1) is 29.5. The number of amides is 3. The smallest absolute Gasteiger partial charge is 0.373 e. The van der Waals surface area contributed by atoms with Crippen molar-refractivity contribution in [2.45, 2.75) is 63.5 Å². The van der Waals surface area contributed by atoms with Crippen LogP contribution in [0.3, 0.4) is 0 Å². The third-order valence-electron chi connectivity index (χ3n) is 10.7. The SMILES string of the molecule is Cl.N=C(N=C(N)Cc1ccccc1)C(=O)O.NC1CCC2=C(NC1=O)c1ccccc1C2.O=C(NC1CCC2=C(NC1=O)c1ccccc1C2)c1n[nH]c(Cc2ccccc2)n1. The van der Waals surface area contributed by atoms with E-state index in [1.807, 2.05) is 91.0 Å². The zero-order valence-electron chi connectivity index (χ0n) is 33.7. The number of hydrogen-bond acceptors (Lipinski definition) is 8. The predicted octanol–water partition coefficient (Wildman–Crippen LogP) is 4.63. The minimum absolute atomic E-state index is 0. The van der Waals surface area contributed by atoms with Crippen LogP contribution >= 0.6 is 12.4 Å². The standard InChI is InChI=1S/C23H21N5O2.C13H14N2O.C10H11N3O2.ClH/c29-22-18(11-10-16-13-15-8-4-5-9-17(15)20(16)26-22)24-23(30)21-25-19(27-28-21)12-14-6-2-1-3-7-14;14-11-6-5-9-7-8-3-1-2-4-10(8)12(9)15-13(11)16;11-8(13-9(12)10(14)15)6-7-4-2-1-3-5-7;/h1-9,18H,10-13H2,(H,24,30)(H,26,29)(H,25,27,28);1-4,11H,5-7,14H2,(H,15,16);1-5H,6H2,(H,14,15)(H3,11,12,13);1H. The van der Waals surface area contributed by atoms with E-state index < -0.39 is 23.8 Å². The van der Waals surface area contributed by atoms with Crippen molar-refractivity contribution in [1.82, 2.24) is 31.1 Å². The Balaban J connectivity index is 0.000000170. The fraction of sp³-hybridized carbons (Fsp3) is 0.217. The van der Waals surface area contributed by atoms with Gasteiger partial charge in [0.25, 0.3) is 5.91 Å².